The molecule has 3 nitrogen and oxygen atoms in total. The molecule has 0 spiro atoms. The van der Waals surface area contributed by atoms with Gasteiger partial charge in [0.15, 0.2) is 0 Å². The Hall–Kier alpha value is -1.49. The van der Waals surface area contributed by atoms with E-state index in [4.69, 9.17) is 5.73 Å². The Labute approximate surface area is 104 Å². The topological polar surface area (TPSA) is 55.1 Å². The van der Waals surface area contributed by atoms with Crippen LogP contribution in [0.2, 0.25) is 0 Å². The standard InChI is InChI=1S/C13H16F2N2O/c1-8(16)12(18)17-7-13(4-5-13)10-3-2-9(14)6-11(10)15/h2-3,6,8H,4-5,7,16H2,1H3,(H,17,18)/t8-/m1/s1. The van der Waals surface area contributed by atoms with Crippen LogP contribution in [-0.4, -0.2) is 18.5 Å². The van der Waals surface area contributed by atoms with Crippen LogP contribution < -0.4 is 11.1 Å². The number of hydrogen-bond donors (Lipinski definition) is 2. The number of benzene rings is 1. The number of hydrogen-bond acceptors (Lipinski definition) is 2. The molecule has 98 valence electrons. The van der Waals surface area contributed by atoms with E-state index < -0.39 is 17.7 Å². The molecule has 0 aliphatic heterocycles. The van der Waals surface area contributed by atoms with Gasteiger partial charge in [-0.15, -0.1) is 0 Å². The van der Waals surface area contributed by atoms with Gasteiger partial charge in [0.25, 0.3) is 0 Å². The van der Waals surface area contributed by atoms with Crippen molar-refractivity contribution < 1.29 is 13.6 Å². The quantitative estimate of drug-likeness (QED) is 0.854. The predicted molar refractivity (Wildman–Crippen MR) is 63.9 cm³/mol. The SMILES string of the molecule is C[C@@H](N)C(=O)NCC1(c2ccc(F)cc2F)CC1. The van der Waals surface area contributed by atoms with Crippen LogP contribution in [0.25, 0.3) is 0 Å². The van der Waals surface area contributed by atoms with Crippen molar-refractivity contribution in [2.75, 3.05) is 6.54 Å². The third-order valence-electron chi connectivity index (χ3n) is 3.37. The number of halogens is 2. The van der Waals surface area contributed by atoms with E-state index in [1.165, 1.54) is 12.1 Å². The van der Waals surface area contributed by atoms with Crippen molar-refractivity contribution in [3.05, 3.63) is 35.4 Å². The average Bonchev–Trinajstić information content (AvgIpc) is 3.06. The Balaban J connectivity index is 2.10. The number of carbonyl (C=O) groups is 1. The number of nitrogens with two attached hydrogens (primary N) is 1. The van der Waals surface area contributed by atoms with Crippen LogP contribution in [0.5, 0.6) is 0 Å². The van der Waals surface area contributed by atoms with Crippen LogP contribution in [0.15, 0.2) is 18.2 Å². The summed E-state index contributed by atoms with van der Waals surface area (Å²) < 4.78 is 26.5. The average molecular weight is 254 g/mol. The van der Waals surface area contributed by atoms with Gasteiger partial charge in [0, 0.05) is 18.0 Å². The summed E-state index contributed by atoms with van der Waals surface area (Å²) in [6.07, 6.45) is 1.57. The van der Waals surface area contributed by atoms with Gasteiger partial charge in [0.1, 0.15) is 11.6 Å². The molecule has 0 radical (unpaired) electrons. The molecule has 1 aromatic rings. The summed E-state index contributed by atoms with van der Waals surface area (Å²) in [5.74, 6) is -1.40. The van der Waals surface area contributed by atoms with Gasteiger partial charge < -0.3 is 11.1 Å². The molecule has 0 bridgehead atoms. The first kappa shape index (κ1) is 13.0. The highest BCUT2D eigenvalue weighted by atomic mass is 19.1. The summed E-state index contributed by atoms with van der Waals surface area (Å²) in [4.78, 5) is 11.4. The fourth-order valence-electron chi connectivity index (χ4n) is 2.03. The highest BCUT2D eigenvalue weighted by Gasteiger charge is 2.46. The van der Waals surface area contributed by atoms with Gasteiger partial charge in [-0.3, -0.25) is 4.79 Å². The van der Waals surface area contributed by atoms with Gasteiger partial charge in [-0.25, -0.2) is 8.78 Å². The lowest BCUT2D eigenvalue weighted by Crippen LogP contribution is -2.41. The summed E-state index contributed by atoms with van der Waals surface area (Å²) in [5, 5.41) is 2.70. The Morgan fingerprint density at radius 2 is 2.17 bits per heavy atom. The lowest BCUT2D eigenvalue weighted by molar-refractivity contribution is -0.122. The van der Waals surface area contributed by atoms with E-state index >= 15 is 0 Å². The molecule has 0 saturated heterocycles. The Morgan fingerprint density at radius 1 is 1.50 bits per heavy atom. The Kier molecular flexibility index (Phi) is 3.34. The summed E-state index contributed by atoms with van der Waals surface area (Å²) >= 11 is 0. The monoisotopic (exact) mass is 254 g/mol. The second-order valence-electron chi connectivity index (χ2n) is 4.91. The Morgan fingerprint density at radius 3 is 2.67 bits per heavy atom. The van der Waals surface area contributed by atoms with Crippen molar-refractivity contribution in [2.45, 2.75) is 31.2 Å². The van der Waals surface area contributed by atoms with Crippen molar-refractivity contribution in [1.29, 1.82) is 0 Å². The molecule has 1 atom stereocenters. The molecule has 18 heavy (non-hydrogen) atoms. The predicted octanol–water partition coefficient (Wildman–Crippen LogP) is 1.46. The lowest BCUT2D eigenvalue weighted by Gasteiger charge is -2.18. The molecular weight excluding hydrogens is 238 g/mol. The number of nitrogens with one attached hydrogen (secondary N) is 1. The highest BCUT2D eigenvalue weighted by molar-refractivity contribution is 5.81. The fourth-order valence-corrected chi connectivity index (χ4v) is 2.03. The van der Waals surface area contributed by atoms with Gasteiger partial charge in [-0.1, -0.05) is 6.07 Å². The van der Waals surface area contributed by atoms with Gasteiger partial charge in [0.05, 0.1) is 6.04 Å². The summed E-state index contributed by atoms with van der Waals surface area (Å²) in [7, 11) is 0. The maximum absolute atomic E-state index is 13.7. The molecule has 2 rings (SSSR count). The number of amides is 1. The minimum Gasteiger partial charge on any atom is -0.354 e. The molecule has 1 aromatic carbocycles. The van der Waals surface area contributed by atoms with Crippen molar-refractivity contribution in [2.24, 2.45) is 5.73 Å². The molecule has 3 N–H and O–H groups in total. The molecule has 1 amide bonds. The van der Waals surface area contributed by atoms with Crippen LogP contribution in [0.3, 0.4) is 0 Å². The first-order chi connectivity index (χ1) is 8.44. The third kappa shape index (κ3) is 2.51. The minimum atomic E-state index is -0.591. The van der Waals surface area contributed by atoms with E-state index in [0.29, 0.717) is 12.1 Å². The number of carbonyl (C=O) groups excluding carboxylic acids is 1. The van der Waals surface area contributed by atoms with E-state index in [9.17, 15) is 13.6 Å². The largest absolute Gasteiger partial charge is 0.354 e. The van der Waals surface area contributed by atoms with Crippen molar-refractivity contribution in [3.63, 3.8) is 0 Å². The maximum Gasteiger partial charge on any atom is 0.236 e. The molecule has 0 heterocycles. The first-order valence-corrected chi connectivity index (χ1v) is 5.93. The second kappa shape index (κ2) is 4.65. The third-order valence-corrected chi connectivity index (χ3v) is 3.37. The van der Waals surface area contributed by atoms with Crippen LogP contribution in [0.4, 0.5) is 8.78 Å². The van der Waals surface area contributed by atoms with Gasteiger partial charge in [-0.05, 0) is 31.4 Å². The van der Waals surface area contributed by atoms with E-state index in [1.54, 1.807) is 6.92 Å². The van der Waals surface area contributed by atoms with E-state index in [-0.39, 0.29) is 11.3 Å². The molecule has 5 heteroatoms. The van der Waals surface area contributed by atoms with E-state index in [0.717, 1.165) is 18.9 Å². The van der Waals surface area contributed by atoms with Crippen LogP contribution in [-0.2, 0) is 10.2 Å². The van der Waals surface area contributed by atoms with Crippen LogP contribution >= 0.6 is 0 Å². The van der Waals surface area contributed by atoms with E-state index in [2.05, 4.69) is 5.32 Å². The minimum absolute atomic E-state index is 0.260. The lowest BCUT2D eigenvalue weighted by atomic mass is 9.95. The highest BCUT2D eigenvalue weighted by Crippen LogP contribution is 2.48. The normalized spacial score (nSPS) is 18.2. The zero-order valence-electron chi connectivity index (χ0n) is 10.2. The van der Waals surface area contributed by atoms with Crippen molar-refractivity contribution >= 4 is 5.91 Å². The molecule has 0 unspecified atom stereocenters. The zero-order chi connectivity index (χ0) is 13.3. The molecule has 1 aliphatic rings. The molecule has 0 aromatic heterocycles. The smallest absolute Gasteiger partial charge is 0.236 e. The molecular formula is C13H16F2N2O. The van der Waals surface area contributed by atoms with Gasteiger partial charge in [0.2, 0.25) is 5.91 Å². The van der Waals surface area contributed by atoms with Crippen LogP contribution in [0.1, 0.15) is 25.3 Å². The maximum atomic E-state index is 13.7. The molecule has 1 aliphatic carbocycles. The zero-order valence-corrected chi connectivity index (χ0v) is 10.2. The summed E-state index contributed by atoms with van der Waals surface area (Å²) in [6, 6.07) is 2.99. The second-order valence-corrected chi connectivity index (χ2v) is 4.91. The van der Waals surface area contributed by atoms with Gasteiger partial charge in [-0.2, -0.15) is 0 Å². The number of rotatable bonds is 4. The molecule has 1 fully saturated rings. The summed E-state index contributed by atoms with van der Waals surface area (Å²) in [6.45, 7) is 1.93. The molecule has 1 saturated carbocycles. The van der Waals surface area contributed by atoms with Crippen LogP contribution in [0, 0.1) is 11.6 Å². The van der Waals surface area contributed by atoms with E-state index in [1.807, 2.05) is 0 Å². The van der Waals surface area contributed by atoms with Crippen molar-refractivity contribution in [1.82, 2.24) is 5.32 Å². The first-order valence-electron chi connectivity index (χ1n) is 5.93. The van der Waals surface area contributed by atoms with Gasteiger partial charge >= 0.3 is 0 Å². The fraction of sp³-hybridized carbons (Fsp3) is 0.462. The Bertz CT molecular complexity index is 470. The summed E-state index contributed by atoms with van der Waals surface area (Å²) in [5.41, 5.74) is 5.52. The van der Waals surface area contributed by atoms with Crippen molar-refractivity contribution in [3.8, 4) is 0 Å².